The maximum atomic E-state index is 13.9. The molecule has 0 aromatic heterocycles. The Morgan fingerprint density at radius 1 is 0.560 bits per heavy atom. The minimum absolute atomic E-state index is 0.0863. The van der Waals surface area contributed by atoms with E-state index in [0.29, 0.717) is 47.4 Å². The standard InChI is InChI=1S/C40H34Cl2N2O6/c41-19-27-21-43(33-15-25(17-37(47)48)29-8-1-3-10-31(29)39(27)33)35(45)13-23-6-5-7-24(12-23)14-36(46)44-22-28(20-42)40-32-11-4-2-9-30(32)26(16-34(40)44)18-38(49)50/h1-12,15-16,27-28H,13-14,17-22H2,(H,47,48)(H,49,50)/t27-,28-/m1/s1. The Balaban J connectivity index is 1.14. The van der Waals surface area contributed by atoms with E-state index < -0.39 is 11.9 Å². The van der Waals surface area contributed by atoms with E-state index in [1.165, 1.54) is 0 Å². The van der Waals surface area contributed by atoms with E-state index in [1.54, 1.807) is 9.80 Å². The van der Waals surface area contributed by atoms with Crippen molar-refractivity contribution in [3.05, 3.63) is 118 Å². The highest BCUT2D eigenvalue weighted by Gasteiger charge is 2.36. The first-order valence-electron chi connectivity index (χ1n) is 16.5. The summed E-state index contributed by atoms with van der Waals surface area (Å²) >= 11 is 12.8. The maximum absolute atomic E-state index is 13.9. The predicted octanol–water partition coefficient (Wildman–Crippen LogP) is 7.07. The van der Waals surface area contributed by atoms with E-state index in [9.17, 15) is 29.4 Å². The van der Waals surface area contributed by atoms with Crippen molar-refractivity contribution in [2.45, 2.75) is 37.5 Å². The summed E-state index contributed by atoms with van der Waals surface area (Å²) in [5.41, 5.74) is 6.08. The molecule has 0 unspecified atom stereocenters. The molecule has 2 aliphatic rings. The van der Waals surface area contributed by atoms with Crippen LogP contribution in [0.25, 0.3) is 21.5 Å². The summed E-state index contributed by atoms with van der Waals surface area (Å²) in [6.07, 6.45) is -0.157. The highest BCUT2D eigenvalue weighted by Crippen LogP contribution is 2.45. The zero-order chi connectivity index (χ0) is 35.1. The number of nitrogens with zero attached hydrogens (tertiary/aromatic N) is 2. The van der Waals surface area contributed by atoms with Gasteiger partial charge in [0, 0.05) is 48.1 Å². The lowest BCUT2D eigenvalue weighted by Gasteiger charge is -2.20. The Kier molecular flexibility index (Phi) is 9.24. The second kappa shape index (κ2) is 13.8. The fraction of sp³-hybridized carbons (Fsp3) is 0.250. The van der Waals surface area contributed by atoms with Crippen molar-refractivity contribution in [3.63, 3.8) is 0 Å². The normalized spacial score (nSPS) is 16.5. The van der Waals surface area contributed by atoms with Crippen LogP contribution in [0.15, 0.2) is 84.9 Å². The van der Waals surface area contributed by atoms with E-state index in [2.05, 4.69) is 0 Å². The number of halogens is 2. The van der Waals surface area contributed by atoms with Gasteiger partial charge in [-0.1, -0.05) is 72.8 Å². The van der Waals surface area contributed by atoms with Gasteiger partial charge in [-0.2, -0.15) is 0 Å². The lowest BCUT2D eigenvalue weighted by molar-refractivity contribution is -0.137. The number of carboxylic acid groups (broad SMARTS) is 2. The average molecular weight is 710 g/mol. The number of anilines is 2. The topological polar surface area (TPSA) is 115 Å². The van der Waals surface area contributed by atoms with Crippen LogP contribution < -0.4 is 9.80 Å². The van der Waals surface area contributed by atoms with Crippen molar-refractivity contribution in [2.75, 3.05) is 34.6 Å². The Hall–Kier alpha value is -4.92. The van der Waals surface area contributed by atoms with Crippen LogP contribution in [-0.4, -0.2) is 58.8 Å². The first-order chi connectivity index (χ1) is 24.2. The summed E-state index contributed by atoms with van der Waals surface area (Å²) in [7, 11) is 0. The molecule has 2 atom stereocenters. The third-order valence-electron chi connectivity index (χ3n) is 9.86. The van der Waals surface area contributed by atoms with Crippen molar-refractivity contribution < 1.29 is 29.4 Å². The van der Waals surface area contributed by atoms with Gasteiger partial charge in [0.2, 0.25) is 11.8 Å². The molecule has 0 bridgehead atoms. The molecule has 50 heavy (non-hydrogen) atoms. The summed E-state index contributed by atoms with van der Waals surface area (Å²) < 4.78 is 0. The second-order valence-electron chi connectivity index (χ2n) is 13.1. The SMILES string of the molecule is O=C(O)Cc1cc2c(c3ccccc13)[C@H](CCl)CN2C(=O)Cc1cccc(CC(=O)N2C[C@@H](CCl)c3c2cc(CC(=O)O)c2ccccc32)c1. The number of fused-ring (bicyclic) bond motifs is 6. The summed E-state index contributed by atoms with van der Waals surface area (Å²) in [4.78, 5) is 54.7. The van der Waals surface area contributed by atoms with Crippen LogP contribution in [0.2, 0.25) is 0 Å². The zero-order valence-electron chi connectivity index (χ0n) is 27.1. The van der Waals surface area contributed by atoms with Crippen LogP contribution in [0, 0.1) is 0 Å². The molecule has 10 heteroatoms. The third kappa shape index (κ3) is 6.18. The number of hydrogen-bond donors (Lipinski definition) is 2. The van der Waals surface area contributed by atoms with Gasteiger partial charge >= 0.3 is 11.9 Å². The van der Waals surface area contributed by atoms with Gasteiger partial charge in [0.05, 0.1) is 25.7 Å². The van der Waals surface area contributed by atoms with Crippen LogP contribution in [0.3, 0.4) is 0 Å². The van der Waals surface area contributed by atoms with Crippen molar-refractivity contribution in [2.24, 2.45) is 0 Å². The number of carbonyl (C=O) groups excluding carboxylic acids is 2. The van der Waals surface area contributed by atoms with Gasteiger partial charge in [-0.3, -0.25) is 19.2 Å². The van der Waals surface area contributed by atoms with E-state index in [4.69, 9.17) is 23.2 Å². The molecular formula is C40H34Cl2N2O6. The molecule has 2 amide bonds. The Labute approximate surface area is 298 Å². The zero-order valence-corrected chi connectivity index (χ0v) is 28.6. The number of aliphatic carboxylic acids is 2. The molecule has 0 spiro atoms. The van der Waals surface area contributed by atoms with Gasteiger partial charge in [-0.05, 0) is 67.1 Å². The molecule has 5 aromatic carbocycles. The van der Waals surface area contributed by atoms with Gasteiger partial charge < -0.3 is 20.0 Å². The summed E-state index contributed by atoms with van der Waals surface area (Å²) in [5, 5.41) is 22.7. The molecule has 0 fully saturated rings. The van der Waals surface area contributed by atoms with Crippen molar-refractivity contribution in [3.8, 4) is 0 Å². The number of carbonyl (C=O) groups is 4. The van der Waals surface area contributed by atoms with Crippen molar-refractivity contribution in [1.29, 1.82) is 0 Å². The van der Waals surface area contributed by atoms with E-state index in [-0.39, 0.29) is 49.3 Å². The molecule has 2 aliphatic heterocycles. The van der Waals surface area contributed by atoms with Crippen LogP contribution in [0.4, 0.5) is 11.4 Å². The largest absolute Gasteiger partial charge is 0.481 e. The summed E-state index contributed by atoms with van der Waals surface area (Å²) in [6, 6.07) is 26.3. The minimum Gasteiger partial charge on any atom is -0.481 e. The van der Waals surface area contributed by atoms with E-state index >= 15 is 0 Å². The molecule has 8 nitrogen and oxygen atoms in total. The second-order valence-corrected chi connectivity index (χ2v) is 13.7. The number of hydrogen-bond acceptors (Lipinski definition) is 4. The average Bonchev–Trinajstić information content (AvgIpc) is 3.67. The molecule has 0 saturated carbocycles. The lowest BCUT2D eigenvalue weighted by Crippen LogP contribution is -2.32. The predicted molar refractivity (Wildman–Crippen MR) is 196 cm³/mol. The highest BCUT2D eigenvalue weighted by atomic mass is 35.5. The van der Waals surface area contributed by atoms with Crippen LogP contribution in [-0.2, 0) is 44.9 Å². The molecule has 254 valence electrons. The molecule has 7 rings (SSSR count). The van der Waals surface area contributed by atoms with Gasteiger partial charge in [0.15, 0.2) is 0 Å². The number of rotatable bonds is 10. The molecule has 0 saturated heterocycles. The fourth-order valence-electron chi connectivity index (χ4n) is 7.77. The summed E-state index contributed by atoms with van der Waals surface area (Å²) in [6.45, 7) is 0.788. The highest BCUT2D eigenvalue weighted by molar-refractivity contribution is 6.19. The molecule has 2 heterocycles. The molecular weight excluding hydrogens is 675 g/mol. The molecule has 5 aromatic rings. The van der Waals surface area contributed by atoms with Crippen LogP contribution >= 0.6 is 23.2 Å². The van der Waals surface area contributed by atoms with Crippen molar-refractivity contribution >= 4 is 79.9 Å². The number of carboxylic acids is 2. The first-order valence-corrected chi connectivity index (χ1v) is 17.6. The molecule has 0 aliphatic carbocycles. The minimum atomic E-state index is -0.948. The van der Waals surface area contributed by atoms with Crippen LogP contribution in [0.5, 0.6) is 0 Å². The van der Waals surface area contributed by atoms with Gasteiger partial charge in [0.25, 0.3) is 0 Å². The van der Waals surface area contributed by atoms with Crippen LogP contribution in [0.1, 0.15) is 45.2 Å². The smallest absolute Gasteiger partial charge is 0.307 e. The monoisotopic (exact) mass is 708 g/mol. The molecule has 2 N–H and O–H groups in total. The van der Waals surface area contributed by atoms with Gasteiger partial charge in [-0.15, -0.1) is 23.2 Å². The van der Waals surface area contributed by atoms with E-state index in [1.807, 2.05) is 84.9 Å². The fourth-order valence-corrected chi connectivity index (χ4v) is 8.27. The Bertz CT molecular complexity index is 2050. The number of benzene rings is 5. The summed E-state index contributed by atoms with van der Waals surface area (Å²) in [5.74, 6) is -1.76. The number of alkyl halides is 2. The maximum Gasteiger partial charge on any atom is 0.307 e. The lowest BCUT2D eigenvalue weighted by atomic mass is 9.92. The van der Waals surface area contributed by atoms with Crippen molar-refractivity contribution in [1.82, 2.24) is 0 Å². The first kappa shape index (κ1) is 33.6. The quantitative estimate of drug-likeness (QED) is 0.150. The number of amides is 2. The van der Waals surface area contributed by atoms with Gasteiger partial charge in [-0.25, -0.2) is 0 Å². The third-order valence-corrected chi connectivity index (χ3v) is 10.6. The Morgan fingerprint density at radius 2 is 0.960 bits per heavy atom. The van der Waals surface area contributed by atoms with Gasteiger partial charge in [0.1, 0.15) is 0 Å². The van der Waals surface area contributed by atoms with E-state index in [0.717, 1.165) is 43.8 Å². The Morgan fingerprint density at radius 3 is 1.34 bits per heavy atom. The molecule has 0 radical (unpaired) electrons.